The molecule has 3 aromatic rings. The molecule has 2 N–H and O–H groups in total. The summed E-state index contributed by atoms with van der Waals surface area (Å²) in [5.74, 6) is 0.971. The summed E-state index contributed by atoms with van der Waals surface area (Å²) < 4.78 is 5.75. The summed E-state index contributed by atoms with van der Waals surface area (Å²) in [5.41, 5.74) is 4.41. The predicted molar refractivity (Wildman–Crippen MR) is 110 cm³/mol. The number of rotatable bonds is 6. The molecule has 144 valence electrons. The molecule has 0 unspecified atom stereocenters. The maximum absolute atomic E-state index is 12.1. The van der Waals surface area contributed by atoms with Gasteiger partial charge in [-0.3, -0.25) is 9.78 Å². The third kappa shape index (κ3) is 5.26. The fraction of sp³-hybridized carbons (Fsp3) is 0.238. The van der Waals surface area contributed by atoms with Crippen molar-refractivity contribution in [1.29, 1.82) is 0 Å². The molecule has 2 aromatic carbocycles. The molecule has 7 nitrogen and oxygen atoms in total. The minimum Gasteiger partial charge on any atom is -0.489 e. The van der Waals surface area contributed by atoms with Crippen molar-refractivity contribution in [2.45, 2.75) is 32.8 Å². The number of nitrogens with zero attached hydrogens (tertiary/aromatic N) is 3. The number of hydrazone groups is 1. The Morgan fingerprint density at radius 2 is 1.79 bits per heavy atom. The van der Waals surface area contributed by atoms with E-state index in [-0.39, 0.29) is 16.9 Å². The maximum Gasteiger partial charge on any atom is 0.274 e. The number of hydrogen-bond donors (Lipinski definition) is 2. The lowest BCUT2D eigenvalue weighted by Crippen LogP contribution is -2.28. The molecular formula is C21H23N5O2. The van der Waals surface area contributed by atoms with Crippen LogP contribution in [0.5, 0.6) is 5.75 Å². The zero-order valence-electron chi connectivity index (χ0n) is 16.1. The van der Waals surface area contributed by atoms with Gasteiger partial charge in [-0.25, -0.2) is 5.43 Å². The lowest BCUT2D eigenvalue weighted by atomic mass is 9.93. The van der Waals surface area contributed by atoms with Gasteiger partial charge in [0.1, 0.15) is 18.1 Å². The Bertz CT molecular complexity index is 990. The SMILES string of the molecule is CC(C)(C)c1nnc(NN=Cc2ccc(OCc3ccccc3)cc2)[nH]c1=O. The van der Waals surface area contributed by atoms with Gasteiger partial charge in [0.05, 0.1) is 6.21 Å². The summed E-state index contributed by atoms with van der Waals surface area (Å²) in [6, 6.07) is 17.5. The van der Waals surface area contributed by atoms with E-state index < -0.39 is 0 Å². The van der Waals surface area contributed by atoms with Crippen molar-refractivity contribution in [3.8, 4) is 5.75 Å². The van der Waals surface area contributed by atoms with Crippen molar-refractivity contribution in [2.75, 3.05) is 5.43 Å². The first kappa shape index (κ1) is 19.3. The Balaban J connectivity index is 1.56. The van der Waals surface area contributed by atoms with Gasteiger partial charge in [0, 0.05) is 5.41 Å². The fourth-order valence-corrected chi connectivity index (χ4v) is 2.44. The highest BCUT2D eigenvalue weighted by Crippen LogP contribution is 2.15. The van der Waals surface area contributed by atoms with Crippen LogP contribution in [0.4, 0.5) is 5.95 Å². The average molecular weight is 377 g/mol. The summed E-state index contributed by atoms with van der Waals surface area (Å²) in [6.07, 6.45) is 1.62. The van der Waals surface area contributed by atoms with E-state index in [2.05, 4.69) is 25.7 Å². The zero-order valence-corrected chi connectivity index (χ0v) is 16.1. The predicted octanol–water partition coefficient (Wildman–Crippen LogP) is 3.49. The highest BCUT2D eigenvalue weighted by molar-refractivity contribution is 5.80. The smallest absolute Gasteiger partial charge is 0.274 e. The van der Waals surface area contributed by atoms with E-state index >= 15 is 0 Å². The topological polar surface area (TPSA) is 92.3 Å². The minimum absolute atomic E-state index is 0.192. The molecule has 0 radical (unpaired) electrons. The fourth-order valence-electron chi connectivity index (χ4n) is 2.44. The number of benzene rings is 2. The number of H-pyrrole nitrogens is 1. The van der Waals surface area contributed by atoms with Crippen molar-refractivity contribution in [2.24, 2.45) is 5.10 Å². The van der Waals surface area contributed by atoms with Gasteiger partial charge in [-0.1, -0.05) is 51.1 Å². The van der Waals surface area contributed by atoms with Crippen LogP contribution in [0.3, 0.4) is 0 Å². The second-order valence-corrected chi connectivity index (χ2v) is 7.31. The number of hydrogen-bond acceptors (Lipinski definition) is 6. The molecule has 3 rings (SSSR count). The number of nitrogens with one attached hydrogen (secondary N) is 2. The van der Waals surface area contributed by atoms with Crippen molar-refractivity contribution in [3.63, 3.8) is 0 Å². The molecule has 0 aliphatic carbocycles. The Kier molecular flexibility index (Phi) is 5.84. The summed E-state index contributed by atoms with van der Waals surface area (Å²) in [5, 5.41) is 12.0. The molecule has 1 heterocycles. The molecule has 1 aromatic heterocycles. The van der Waals surface area contributed by atoms with Gasteiger partial charge in [0.15, 0.2) is 0 Å². The van der Waals surface area contributed by atoms with E-state index in [0.717, 1.165) is 16.9 Å². The van der Waals surface area contributed by atoms with Crippen LogP contribution in [0.15, 0.2) is 64.5 Å². The average Bonchev–Trinajstić information content (AvgIpc) is 2.67. The molecule has 28 heavy (non-hydrogen) atoms. The molecule has 0 spiro atoms. The van der Waals surface area contributed by atoms with Gasteiger partial charge < -0.3 is 4.74 Å². The van der Waals surface area contributed by atoms with Crippen LogP contribution < -0.4 is 15.7 Å². The van der Waals surface area contributed by atoms with Crippen LogP contribution in [0, 0.1) is 0 Å². The number of aromatic amines is 1. The Morgan fingerprint density at radius 1 is 1.07 bits per heavy atom. The molecule has 0 aliphatic heterocycles. The van der Waals surface area contributed by atoms with E-state index in [9.17, 15) is 4.79 Å². The lowest BCUT2D eigenvalue weighted by Gasteiger charge is -2.15. The first-order valence-corrected chi connectivity index (χ1v) is 8.95. The molecule has 7 heteroatoms. The van der Waals surface area contributed by atoms with E-state index in [1.165, 1.54) is 0 Å². The second kappa shape index (κ2) is 8.47. The highest BCUT2D eigenvalue weighted by atomic mass is 16.5. The van der Waals surface area contributed by atoms with Gasteiger partial charge >= 0.3 is 0 Å². The molecule has 0 saturated heterocycles. The van der Waals surface area contributed by atoms with Gasteiger partial charge in [-0.15, -0.1) is 10.2 Å². The monoisotopic (exact) mass is 377 g/mol. The molecule has 0 atom stereocenters. The van der Waals surface area contributed by atoms with Crippen LogP contribution in [0.2, 0.25) is 0 Å². The molecule has 0 saturated carbocycles. The van der Waals surface area contributed by atoms with Crippen LogP contribution in [0.25, 0.3) is 0 Å². The number of anilines is 1. The Hall–Kier alpha value is -3.48. The van der Waals surface area contributed by atoms with Gasteiger partial charge in [-0.2, -0.15) is 5.10 Å². The van der Waals surface area contributed by atoms with Crippen molar-refractivity contribution in [1.82, 2.24) is 15.2 Å². The summed E-state index contributed by atoms with van der Waals surface area (Å²) in [4.78, 5) is 14.7. The van der Waals surface area contributed by atoms with Crippen molar-refractivity contribution in [3.05, 3.63) is 81.8 Å². The highest BCUT2D eigenvalue weighted by Gasteiger charge is 2.20. The first-order valence-electron chi connectivity index (χ1n) is 8.95. The van der Waals surface area contributed by atoms with Crippen LogP contribution in [0.1, 0.15) is 37.6 Å². The third-order valence-electron chi connectivity index (χ3n) is 3.92. The summed E-state index contributed by atoms with van der Waals surface area (Å²) in [6.45, 7) is 6.24. The molecule has 0 aliphatic rings. The Labute approximate surface area is 163 Å². The van der Waals surface area contributed by atoms with Crippen LogP contribution in [-0.4, -0.2) is 21.4 Å². The first-order chi connectivity index (χ1) is 13.4. The van der Waals surface area contributed by atoms with E-state index in [4.69, 9.17) is 4.74 Å². The lowest BCUT2D eigenvalue weighted by molar-refractivity contribution is 0.306. The number of aromatic nitrogens is 3. The summed E-state index contributed by atoms with van der Waals surface area (Å²) >= 11 is 0. The molecule has 0 fully saturated rings. The van der Waals surface area contributed by atoms with Crippen LogP contribution >= 0.6 is 0 Å². The standard InChI is InChI=1S/C21H23N5O2/c1-21(2,3)18-19(27)23-20(26-24-18)25-22-13-15-9-11-17(12-10-15)28-14-16-7-5-4-6-8-16/h4-13H,14H2,1-3H3,(H2,23,25,26,27). The normalized spacial score (nSPS) is 11.5. The third-order valence-corrected chi connectivity index (χ3v) is 3.92. The second-order valence-electron chi connectivity index (χ2n) is 7.31. The van der Waals surface area contributed by atoms with E-state index in [0.29, 0.717) is 12.3 Å². The summed E-state index contributed by atoms with van der Waals surface area (Å²) in [7, 11) is 0. The van der Waals surface area contributed by atoms with Gasteiger partial charge in [0.2, 0.25) is 5.95 Å². The van der Waals surface area contributed by atoms with Crippen molar-refractivity contribution < 1.29 is 4.74 Å². The maximum atomic E-state index is 12.1. The van der Waals surface area contributed by atoms with Crippen molar-refractivity contribution >= 4 is 12.2 Å². The molecular weight excluding hydrogens is 354 g/mol. The number of ether oxygens (including phenoxy) is 1. The molecule has 0 bridgehead atoms. The minimum atomic E-state index is -0.368. The Morgan fingerprint density at radius 3 is 2.43 bits per heavy atom. The zero-order chi connectivity index (χ0) is 20.0. The van der Waals surface area contributed by atoms with Gasteiger partial charge in [-0.05, 0) is 35.4 Å². The van der Waals surface area contributed by atoms with E-state index in [1.54, 1.807) is 6.21 Å². The molecule has 0 amide bonds. The largest absolute Gasteiger partial charge is 0.489 e. The quantitative estimate of drug-likeness (QED) is 0.507. The van der Waals surface area contributed by atoms with Crippen LogP contribution in [-0.2, 0) is 12.0 Å². The van der Waals surface area contributed by atoms with Gasteiger partial charge in [0.25, 0.3) is 5.56 Å². The van der Waals surface area contributed by atoms with E-state index in [1.807, 2.05) is 75.4 Å².